The van der Waals surface area contributed by atoms with Crippen LogP contribution in [0, 0.1) is 0 Å². The van der Waals surface area contributed by atoms with E-state index in [1.165, 1.54) is 18.4 Å². The van der Waals surface area contributed by atoms with E-state index in [1.54, 1.807) is 0 Å². The topological polar surface area (TPSA) is 12.5 Å². The van der Waals surface area contributed by atoms with Gasteiger partial charge in [0, 0.05) is 0 Å². The molecule has 1 unspecified atom stereocenters. The molecule has 1 spiro atoms. The molecule has 2 aliphatic rings. The summed E-state index contributed by atoms with van der Waals surface area (Å²) in [7, 11) is 0. The van der Waals surface area contributed by atoms with Gasteiger partial charge in [0.15, 0.2) is 0 Å². The van der Waals surface area contributed by atoms with Crippen LogP contribution in [0.25, 0.3) is 0 Å². The van der Waals surface area contributed by atoms with Crippen LogP contribution in [0.1, 0.15) is 25.3 Å². The van der Waals surface area contributed by atoms with E-state index in [0.29, 0.717) is 0 Å². The van der Waals surface area contributed by atoms with Crippen LogP contribution in [0.15, 0.2) is 30.3 Å². The van der Waals surface area contributed by atoms with E-state index in [-0.39, 0.29) is 11.2 Å². The van der Waals surface area contributed by atoms with Crippen molar-refractivity contribution in [3.05, 3.63) is 35.9 Å². The molecule has 1 nitrogen and oxygen atoms in total. The molecule has 1 atom stereocenters. The first-order valence-electron chi connectivity index (χ1n) is 4.53. The Morgan fingerprint density at radius 1 is 1.17 bits per heavy atom. The summed E-state index contributed by atoms with van der Waals surface area (Å²) in [6.07, 6.45) is 2.50. The number of hydrogen-bond donors (Lipinski definition) is 0. The summed E-state index contributed by atoms with van der Waals surface area (Å²) < 4.78 is 5.79. The second-order valence-corrected chi connectivity index (χ2v) is 4.00. The fourth-order valence-corrected chi connectivity index (χ4v) is 2.14. The Bertz CT molecular complexity index is 313. The Balaban J connectivity index is 2.01. The summed E-state index contributed by atoms with van der Waals surface area (Å²) in [5.74, 6) is 0. The van der Waals surface area contributed by atoms with E-state index in [9.17, 15) is 0 Å². The van der Waals surface area contributed by atoms with E-state index in [0.717, 1.165) is 0 Å². The first-order valence-corrected chi connectivity index (χ1v) is 4.53. The molecule has 12 heavy (non-hydrogen) atoms. The molecule has 0 aromatic heterocycles. The standard InChI is InChI=1S/C11H12O/c1-10(11(12-10)7-8-11)9-5-3-2-4-6-9/h2-6H,7-8H2,1H3. The molecule has 1 saturated heterocycles. The number of benzene rings is 1. The Hall–Kier alpha value is -0.820. The molecule has 0 bridgehead atoms. The van der Waals surface area contributed by atoms with Crippen LogP contribution in [0.4, 0.5) is 0 Å². The number of rotatable bonds is 1. The maximum atomic E-state index is 5.79. The monoisotopic (exact) mass is 160 g/mol. The minimum Gasteiger partial charge on any atom is -0.358 e. The Kier molecular flexibility index (Phi) is 0.969. The van der Waals surface area contributed by atoms with E-state index in [4.69, 9.17) is 4.74 Å². The van der Waals surface area contributed by atoms with Gasteiger partial charge in [-0.2, -0.15) is 0 Å². The van der Waals surface area contributed by atoms with Crippen LogP contribution in [0.5, 0.6) is 0 Å². The first kappa shape index (κ1) is 6.67. The fraction of sp³-hybridized carbons (Fsp3) is 0.455. The summed E-state index contributed by atoms with van der Waals surface area (Å²) >= 11 is 0. The molecule has 1 aliphatic heterocycles. The summed E-state index contributed by atoms with van der Waals surface area (Å²) in [6, 6.07) is 10.5. The molecule has 0 radical (unpaired) electrons. The highest BCUT2D eigenvalue weighted by molar-refractivity contribution is 5.36. The molecular weight excluding hydrogens is 148 g/mol. The molecule has 0 N–H and O–H groups in total. The van der Waals surface area contributed by atoms with Gasteiger partial charge in [-0.1, -0.05) is 30.3 Å². The maximum absolute atomic E-state index is 5.79. The van der Waals surface area contributed by atoms with Crippen LogP contribution < -0.4 is 0 Å². The first-order chi connectivity index (χ1) is 5.77. The molecule has 1 aromatic rings. The molecule has 0 amide bonds. The van der Waals surface area contributed by atoms with Crippen molar-refractivity contribution in [1.29, 1.82) is 0 Å². The normalized spacial score (nSPS) is 35.1. The van der Waals surface area contributed by atoms with E-state index >= 15 is 0 Å². The van der Waals surface area contributed by atoms with Gasteiger partial charge < -0.3 is 4.74 Å². The Morgan fingerprint density at radius 3 is 2.33 bits per heavy atom. The minimum atomic E-state index is 0.0499. The number of hydrogen-bond acceptors (Lipinski definition) is 1. The van der Waals surface area contributed by atoms with Crippen LogP contribution in [-0.2, 0) is 10.3 Å². The van der Waals surface area contributed by atoms with Crippen molar-refractivity contribution < 1.29 is 4.74 Å². The number of epoxide rings is 1. The third-order valence-corrected chi connectivity index (χ3v) is 3.26. The second-order valence-electron chi connectivity index (χ2n) is 4.00. The summed E-state index contributed by atoms with van der Waals surface area (Å²) in [5.41, 5.74) is 1.64. The zero-order valence-electron chi connectivity index (χ0n) is 7.21. The highest BCUT2D eigenvalue weighted by Crippen LogP contribution is 2.69. The van der Waals surface area contributed by atoms with Crippen molar-refractivity contribution in [2.45, 2.75) is 31.0 Å². The average molecular weight is 160 g/mol. The van der Waals surface area contributed by atoms with Gasteiger partial charge in [-0.25, -0.2) is 0 Å². The lowest BCUT2D eigenvalue weighted by molar-refractivity contribution is 0.308. The predicted molar refractivity (Wildman–Crippen MR) is 46.8 cm³/mol. The van der Waals surface area contributed by atoms with Crippen LogP contribution in [-0.4, -0.2) is 5.60 Å². The van der Waals surface area contributed by atoms with Crippen molar-refractivity contribution in [3.8, 4) is 0 Å². The summed E-state index contributed by atoms with van der Waals surface area (Å²) in [6.45, 7) is 2.20. The van der Waals surface area contributed by atoms with Crippen molar-refractivity contribution in [2.75, 3.05) is 0 Å². The molecule has 2 fully saturated rings. The average Bonchev–Trinajstić information content (AvgIpc) is 2.97. The zero-order chi connectivity index (χ0) is 8.23. The summed E-state index contributed by atoms with van der Waals surface area (Å²) in [5, 5.41) is 0. The lowest BCUT2D eigenvalue weighted by Gasteiger charge is -2.04. The van der Waals surface area contributed by atoms with Gasteiger partial charge in [0.2, 0.25) is 0 Å². The van der Waals surface area contributed by atoms with Gasteiger partial charge in [0.1, 0.15) is 11.2 Å². The van der Waals surface area contributed by atoms with Crippen molar-refractivity contribution in [1.82, 2.24) is 0 Å². The molecule has 3 rings (SSSR count). The molecule has 1 heterocycles. The molecule has 1 aromatic carbocycles. The molecule has 1 aliphatic carbocycles. The largest absolute Gasteiger partial charge is 0.358 e. The molecule has 1 saturated carbocycles. The van der Waals surface area contributed by atoms with Crippen LogP contribution in [0.2, 0.25) is 0 Å². The van der Waals surface area contributed by atoms with E-state index in [1.807, 2.05) is 0 Å². The van der Waals surface area contributed by atoms with Gasteiger partial charge in [-0.05, 0) is 25.3 Å². The van der Waals surface area contributed by atoms with Crippen molar-refractivity contribution in [2.24, 2.45) is 0 Å². The van der Waals surface area contributed by atoms with E-state index in [2.05, 4.69) is 37.3 Å². The van der Waals surface area contributed by atoms with Crippen molar-refractivity contribution >= 4 is 0 Å². The second kappa shape index (κ2) is 1.74. The van der Waals surface area contributed by atoms with Gasteiger partial charge in [0.25, 0.3) is 0 Å². The third kappa shape index (κ3) is 0.632. The van der Waals surface area contributed by atoms with Gasteiger partial charge in [0.05, 0.1) is 0 Å². The zero-order valence-corrected chi connectivity index (χ0v) is 7.21. The highest BCUT2D eigenvalue weighted by Gasteiger charge is 2.74. The maximum Gasteiger partial charge on any atom is 0.120 e. The summed E-state index contributed by atoms with van der Waals surface area (Å²) in [4.78, 5) is 0. The number of ether oxygens (including phenoxy) is 1. The molecule has 62 valence electrons. The van der Waals surface area contributed by atoms with Gasteiger partial charge in [-0.15, -0.1) is 0 Å². The Morgan fingerprint density at radius 2 is 1.83 bits per heavy atom. The Labute approximate surface area is 72.4 Å². The highest BCUT2D eigenvalue weighted by atomic mass is 16.6. The third-order valence-electron chi connectivity index (χ3n) is 3.26. The quantitative estimate of drug-likeness (QED) is 0.575. The molecule has 1 heteroatoms. The fourth-order valence-electron chi connectivity index (χ4n) is 2.14. The van der Waals surface area contributed by atoms with Gasteiger partial charge >= 0.3 is 0 Å². The lowest BCUT2D eigenvalue weighted by Crippen LogP contribution is -2.07. The van der Waals surface area contributed by atoms with Crippen LogP contribution in [0.3, 0.4) is 0 Å². The predicted octanol–water partition coefficient (Wildman–Crippen LogP) is 2.46. The van der Waals surface area contributed by atoms with Gasteiger partial charge in [-0.3, -0.25) is 0 Å². The lowest BCUT2D eigenvalue weighted by atomic mass is 9.96. The minimum absolute atomic E-state index is 0.0499. The van der Waals surface area contributed by atoms with Crippen LogP contribution >= 0.6 is 0 Å². The van der Waals surface area contributed by atoms with Crippen molar-refractivity contribution in [3.63, 3.8) is 0 Å². The SMILES string of the molecule is CC1(c2ccccc2)OC12CC2. The molecular formula is C11H12O. The smallest absolute Gasteiger partial charge is 0.120 e. The van der Waals surface area contributed by atoms with E-state index < -0.39 is 0 Å².